The van der Waals surface area contributed by atoms with Crippen molar-refractivity contribution in [3.8, 4) is 0 Å². The molecule has 2 radical (unpaired) electrons. The molecule has 1 heterocycles. The van der Waals surface area contributed by atoms with Crippen molar-refractivity contribution < 1.29 is 0 Å². The second-order valence-corrected chi connectivity index (χ2v) is 6.12. The summed E-state index contributed by atoms with van der Waals surface area (Å²) in [5.41, 5.74) is 6.48. The van der Waals surface area contributed by atoms with Gasteiger partial charge in [0.1, 0.15) is 0 Å². The van der Waals surface area contributed by atoms with E-state index in [2.05, 4.69) is 70.6 Å². The fourth-order valence-electron chi connectivity index (χ4n) is 2.54. The fourth-order valence-corrected chi connectivity index (χ4v) is 2.54. The average molecular weight is 242 g/mol. The Morgan fingerprint density at radius 3 is 2.11 bits per heavy atom. The van der Waals surface area contributed by atoms with Crippen LogP contribution < -0.4 is 10.2 Å². The van der Waals surface area contributed by atoms with Gasteiger partial charge in [-0.25, -0.2) is 0 Å². The van der Waals surface area contributed by atoms with Gasteiger partial charge in [-0.2, -0.15) is 0 Å². The molecule has 0 amide bonds. The number of nitrogens with zero attached hydrogens (tertiary/aromatic N) is 1. The van der Waals surface area contributed by atoms with E-state index < -0.39 is 0 Å². The Labute approximate surface area is 111 Å². The lowest BCUT2D eigenvalue weighted by Gasteiger charge is -2.31. The Morgan fingerprint density at radius 2 is 1.61 bits per heavy atom. The number of aryl methyl sites for hydroxylation is 3. The lowest BCUT2D eigenvalue weighted by atomic mass is 9.91. The molecule has 0 atom stereocenters. The molecule has 2 rings (SSSR count). The van der Waals surface area contributed by atoms with Crippen LogP contribution in [0.5, 0.6) is 0 Å². The summed E-state index contributed by atoms with van der Waals surface area (Å²) >= 11 is 0. The summed E-state index contributed by atoms with van der Waals surface area (Å²) in [4.78, 5) is 2.16. The molecule has 96 valence electrons. The molecule has 0 saturated heterocycles. The van der Waals surface area contributed by atoms with E-state index in [9.17, 15) is 0 Å². The van der Waals surface area contributed by atoms with Gasteiger partial charge in [-0.15, -0.1) is 0 Å². The molecule has 1 aromatic rings. The molecule has 0 aromatic heterocycles. The van der Waals surface area contributed by atoms with E-state index in [1.165, 1.54) is 28.1 Å². The van der Waals surface area contributed by atoms with Gasteiger partial charge in [-0.1, -0.05) is 38.5 Å². The molecule has 0 saturated carbocycles. The Hall–Kier alpha value is -1.44. The number of hydrogen-bond acceptors (Lipinski definition) is 2. The van der Waals surface area contributed by atoms with Crippen molar-refractivity contribution in [2.45, 2.75) is 41.5 Å². The zero-order valence-corrected chi connectivity index (χ0v) is 12.2. The second-order valence-electron chi connectivity index (χ2n) is 6.12. The zero-order valence-electron chi connectivity index (χ0n) is 12.2. The van der Waals surface area contributed by atoms with Crippen molar-refractivity contribution in [2.75, 3.05) is 4.90 Å². The molecule has 1 N–H and O–H groups in total. The molecule has 0 bridgehead atoms. The fraction of sp³-hybridized carbons (Fsp3) is 0.438. The molecule has 2 nitrogen and oxygen atoms in total. The van der Waals surface area contributed by atoms with Crippen molar-refractivity contribution in [1.82, 2.24) is 5.32 Å². The van der Waals surface area contributed by atoms with Gasteiger partial charge in [-0.05, 0) is 31.9 Å². The molecule has 1 aromatic carbocycles. The summed E-state index contributed by atoms with van der Waals surface area (Å²) < 4.78 is 0. The van der Waals surface area contributed by atoms with Crippen LogP contribution in [0.4, 0.5) is 5.69 Å². The van der Waals surface area contributed by atoms with Crippen LogP contribution in [-0.2, 0) is 0 Å². The maximum absolute atomic E-state index is 3.22. The van der Waals surface area contributed by atoms with Gasteiger partial charge >= 0.3 is 0 Å². The van der Waals surface area contributed by atoms with Gasteiger partial charge < -0.3 is 10.2 Å². The Bertz CT molecular complexity index is 469. The van der Waals surface area contributed by atoms with Crippen LogP contribution in [0.2, 0.25) is 0 Å². The molecule has 2 heteroatoms. The molecular weight excluding hydrogens is 220 g/mol. The first kappa shape index (κ1) is 13.0. The minimum atomic E-state index is 0.0975. The van der Waals surface area contributed by atoms with Crippen molar-refractivity contribution in [2.24, 2.45) is 5.41 Å². The number of anilines is 1. The summed E-state index contributed by atoms with van der Waals surface area (Å²) in [6.07, 6.45) is 2.04. The van der Waals surface area contributed by atoms with Crippen LogP contribution >= 0.6 is 0 Å². The van der Waals surface area contributed by atoms with Crippen LogP contribution in [0.3, 0.4) is 0 Å². The molecule has 0 unspecified atom stereocenters. The van der Waals surface area contributed by atoms with Gasteiger partial charge in [0.05, 0.1) is 0 Å². The van der Waals surface area contributed by atoms with Crippen LogP contribution in [0.25, 0.3) is 0 Å². The minimum absolute atomic E-state index is 0.0975. The average Bonchev–Trinajstić information content (AvgIpc) is 2.63. The molecular formula is C16H22N2. The summed E-state index contributed by atoms with van der Waals surface area (Å²) in [6, 6.07) is 4.45. The summed E-state index contributed by atoms with van der Waals surface area (Å²) in [6.45, 7) is 16.3. The normalized spacial score (nSPS) is 15.7. The van der Waals surface area contributed by atoms with E-state index in [-0.39, 0.29) is 5.41 Å². The third-order valence-corrected chi connectivity index (χ3v) is 3.25. The molecule has 18 heavy (non-hydrogen) atoms. The highest BCUT2D eigenvalue weighted by Gasteiger charge is 2.29. The standard InChI is InChI=1S/C16H22N2/c1-11-7-12(2)15(13(3)8-11)18-10-17-9-14(18)16(4,5)6/h7-9,17H,1-6H3. The van der Waals surface area contributed by atoms with Crippen molar-refractivity contribution >= 4 is 5.69 Å². The van der Waals surface area contributed by atoms with E-state index in [1.807, 2.05) is 6.20 Å². The summed E-state index contributed by atoms with van der Waals surface area (Å²) in [5.74, 6) is 0. The van der Waals surface area contributed by atoms with Crippen LogP contribution in [0, 0.1) is 32.9 Å². The van der Waals surface area contributed by atoms with Crippen LogP contribution in [0.1, 0.15) is 37.5 Å². The van der Waals surface area contributed by atoms with Crippen molar-refractivity contribution in [1.29, 1.82) is 0 Å². The smallest absolute Gasteiger partial charge is 0.210 e. The predicted octanol–water partition coefficient (Wildman–Crippen LogP) is 3.91. The zero-order chi connectivity index (χ0) is 13.5. The largest absolute Gasteiger partial charge is 0.360 e. The Morgan fingerprint density at radius 1 is 1.06 bits per heavy atom. The van der Waals surface area contributed by atoms with Crippen LogP contribution in [0.15, 0.2) is 24.0 Å². The highest BCUT2D eigenvalue weighted by atomic mass is 15.3. The van der Waals surface area contributed by atoms with Gasteiger partial charge in [0.2, 0.25) is 6.67 Å². The van der Waals surface area contributed by atoms with E-state index in [1.54, 1.807) is 0 Å². The first-order valence-corrected chi connectivity index (χ1v) is 6.40. The number of hydrogen-bond donors (Lipinski definition) is 1. The number of allylic oxidation sites excluding steroid dienone is 1. The molecule has 1 aliphatic heterocycles. The van der Waals surface area contributed by atoms with E-state index >= 15 is 0 Å². The van der Waals surface area contributed by atoms with Gasteiger partial charge in [0.15, 0.2) is 0 Å². The SMILES string of the molecule is Cc1cc(C)c(N2[C]NC=C2C(C)(C)C)c(C)c1. The molecule has 0 spiro atoms. The second kappa shape index (κ2) is 4.34. The van der Waals surface area contributed by atoms with Gasteiger partial charge in [-0.3, -0.25) is 0 Å². The Kier molecular flexibility index (Phi) is 3.14. The number of nitrogens with one attached hydrogen (secondary N) is 1. The van der Waals surface area contributed by atoms with Crippen molar-refractivity contribution in [3.05, 3.63) is 47.4 Å². The summed E-state index contributed by atoms with van der Waals surface area (Å²) in [5, 5.41) is 3.11. The van der Waals surface area contributed by atoms with Gasteiger partial charge in [0, 0.05) is 23.0 Å². The lowest BCUT2D eigenvalue weighted by Crippen LogP contribution is -2.26. The first-order chi connectivity index (χ1) is 8.30. The Balaban J connectivity index is 2.48. The monoisotopic (exact) mass is 242 g/mol. The quantitative estimate of drug-likeness (QED) is 0.803. The highest BCUT2D eigenvalue weighted by molar-refractivity contribution is 5.66. The molecule has 0 aliphatic carbocycles. The van der Waals surface area contributed by atoms with E-state index in [0.29, 0.717) is 0 Å². The first-order valence-electron chi connectivity index (χ1n) is 6.40. The van der Waals surface area contributed by atoms with Crippen LogP contribution in [-0.4, -0.2) is 0 Å². The maximum Gasteiger partial charge on any atom is 0.210 e. The topological polar surface area (TPSA) is 15.3 Å². The van der Waals surface area contributed by atoms with E-state index in [0.717, 1.165) is 0 Å². The number of benzene rings is 1. The summed E-state index contributed by atoms with van der Waals surface area (Å²) in [7, 11) is 0. The highest BCUT2D eigenvalue weighted by Crippen LogP contribution is 2.38. The van der Waals surface area contributed by atoms with Crippen molar-refractivity contribution in [3.63, 3.8) is 0 Å². The third kappa shape index (κ3) is 2.24. The minimum Gasteiger partial charge on any atom is -0.360 e. The van der Waals surface area contributed by atoms with E-state index in [4.69, 9.17) is 0 Å². The number of rotatable bonds is 1. The maximum atomic E-state index is 3.22. The third-order valence-electron chi connectivity index (χ3n) is 3.25. The predicted molar refractivity (Wildman–Crippen MR) is 77.0 cm³/mol. The molecule has 1 aliphatic rings. The van der Waals surface area contributed by atoms with Gasteiger partial charge in [0.25, 0.3) is 0 Å². The lowest BCUT2D eigenvalue weighted by molar-refractivity contribution is 0.495. The molecule has 0 fully saturated rings.